The smallest absolute Gasteiger partial charge is 0.457 e. The number of hydrogen-bond acceptors (Lipinski definition) is 3. The minimum absolute atomic E-state index is 0.151. The maximum absolute atomic E-state index is 9.48. The predicted octanol–water partition coefficient (Wildman–Crippen LogP) is 14.5. The summed E-state index contributed by atoms with van der Waals surface area (Å²) in [5.41, 5.74) is 0.793. The third kappa shape index (κ3) is 6.98. The van der Waals surface area contributed by atoms with Gasteiger partial charge in [0.15, 0.2) is 0 Å². The van der Waals surface area contributed by atoms with Gasteiger partial charge in [0, 0.05) is 51.5 Å². The number of pyridine rings is 2. The minimum Gasteiger partial charge on any atom is -0.457 e. The summed E-state index contributed by atoms with van der Waals surface area (Å²) in [5, 5.41) is 1.93. The zero-order valence-corrected chi connectivity index (χ0v) is 34.9. The maximum Gasteiger partial charge on any atom is 0.503 e. The van der Waals surface area contributed by atoms with Gasteiger partial charge in [0.1, 0.15) is 17.3 Å². The fourth-order valence-electron chi connectivity index (χ4n) is 7.72. The van der Waals surface area contributed by atoms with Crippen LogP contribution in [0.4, 0.5) is 22.7 Å². The van der Waals surface area contributed by atoms with E-state index < -0.39 is 113 Å². The Morgan fingerprint density at radius 2 is 1.34 bits per heavy atom. The van der Waals surface area contributed by atoms with Crippen LogP contribution >= 0.6 is 0 Å². The minimum atomic E-state index is -3.10. The molecule has 302 valence electrons. The number of fused-ring (bicyclic) bond motifs is 4. The summed E-state index contributed by atoms with van der Waals surface area (Å²) >= 11 is 0. The topological polar surface area (TPSA) is 46.0 Å². The van der Waals surface area contributed by atoms with Gasteiger partial charge in [-0.25, -0.2) is 4.98 Å². The summed E-state index contributed by atoms with van der Waals surface area (Å²) in [4.78, 5) is 9.27. The van der Waals surface area contributed by atoms with E-state index >= 15 is 0 Å². The van der Waals surface area contributed by atoms with E-state index in [9.17, 15) is 5.48 Å². The van der Waals surface area contributed by atoms with Crippen LogP contribution in [0.1, 0.15) is 78.8 Å². The average Bonchev–Trinajstić information content (AvgIpc) is 4.10. The Morgan fingerprint density at radius 3 is 2.06 bits per heavy atom. The second-order valence-corrected chi connectivity index (χ2v) is 17.1. The van der Waals surface area contributed by atoms with E-state index in [-0.39, 0.29) is 16.8 Å². The normalized spacial score (nSPS) is 16.3. The van der Waals surface area contributed by atoms with Crippen molar-refractivity contribution in [2.24, 2.45) is 0 Å². The molecule has 1 aliphatic rings. The van der Waals surface area contributed by atoms with Crippen LogP contribution in [0.25, 0.3) is 49.9 Å². The molecule has 0 bridgehead atoms. The Bertz CT molecular complexity index is 4050. The van der Waals surface area contributed by atoms with Crippen LogP contribution in [0, 0.1) is 6.85 Å². The monoisotopic (exact) mass is 822 g/mol. The van der Waals surface area contributed by atoms with Crippen molar-refractivity contribution in [1.82, 2.24) is 23.7 Å². The van der Waals surface area contributed by atoms with Crippen molar-refractivity contribution in [2.75, 3.05) is 0 Å². The highest BCUT2D eigenvalue weighted by molar-refractivity contribution is 6.09. The molecule has 1 aliphatic heterocycles. The molecule has 6 heteroatoms. The van der Waals surface area contributed by atoms with Crippen molar-refractivity contribution in [2.45, 2.75) is 59.2 Å². The van der Waals surface area contributed by atoms with Crippen LogP contribution in [-0.2, 0) is 10.8 Å². The van der Waals surface area contributed by atoms with Crippen molar-refractivity contribution in [3.05, 3.63) is 187 Å². The lowest BCUT2D eigenvalue weighted by Gasteiger charge is -2.20. The maximum atomic E-state index is 9.48. The molecule has 6 aromatic carbocycles. The number of nitrogens with zero attached hydrogens (tertiary/aromatic N) is 5. The average molecular weight is 823 g/mol. The van der Waals surface area contributed by atoms with Gasteiger partial charge in [0.2, 0.25) is 11.4 Å². The summed E-state index contributed by atoms with van der Waals surface area (Å²) < 4.78 is 145. The highest BCUT2D eigenvalue weighted by atomic mass is 16.5. The lowest BCUT2D eigenvalue weighted by molar-refractivity contribution is 0.479. The molecule has 0 fully saturated rings. The molecule has 0 amide bonds. The summed E-state index contributed by atoms with van der Waals surface area (Å²) in [5.74, 6) is 1.62. The zero-order valence-electron chi connectivity index (χ0n) is 49.9. The summed E-state index contributed by atoms with van der Waals surface area (Å²) in [6.45, 7) is 9.43. The Hall–Kier alpha value is -7.40. The van der Waals surface area contributed by atoms with Crippen LogP contribution in [-0.4, -0.2) is 20.5 Å². The van der Waals surface area contributed by atoms with Crippen molar-refractivity contribution >= 4 is 50.6 Å². The Labute approximate surface area is 384 Å². The van der Waals surface area contributed by atoms with Crippen LogP contribution in [0.15, 0.2) is 170 Å². The number of hydrogen-bond donors (Lipinski definition) is 0. The highest BCUT2D eigenvalue weighted by Gasteiger charge is 2.39. The molecular formula is C56H49N5O+2. The van der Waals surface area contributed by atoms with E-state index in [1.807, 2.05) is 69.4 Å². The SMILES string of the molecule is [2H]c1c([2H])c([2H])c(-c2c([2H])c([2H])c([2H])c(-c3c([2H])c([2H])c(C([2H])([2H])[2H])c([2H])c3[2H])c2[N+]2=C=[N+](c3cc(Oc4ccc5c6ccncc6n(-c6cc(C(C)(C)C)ccn6)c5c4)cc(C(C)(C)C)c3)c3ccccc32)c([2H])c1[2H]. The first-order valence-electron chi connectivity index (χ1n) is 27.6. The highest BCUT2D eigenvalue weighted by Crippen LogP contribution is 2.45. The molecule has 0 unspecified atom stereocenters. The summed E-state index contributed by atoms with van der Waals surface area (Å²) in [6.07, 6.45) is 5.36. The van der Waals surface area contributed by atoms with E-state index in [0.717, 1.165) is 32.9 Å². The van der Waals surface area contributed by atoms with Gasteiger partial charge >= 0.3 is 6.01 Å². The van der Waals surface area contributed by atoms with Crippen molar-refractivity contribution < 1.29 is 25.3 Å². The second-order valence-electron chi connectivity index (χ2n) is 17.1. The van der Waals surface area contributed by atoms with Gasteiger partial charge in [-0.2, -0.15) is 0 Å². The van der Waals surface area contributed by atoms with Gasteiger partial charge in [0.25, 0.3) is 11.4 Å². The molecule has 0 spiro atoms. The van der Waals surface area contributed by atoms with Crippen molar-refractivity contribution in [3.8, 4) is 39.6 Å². The van der Waals surface area contributed by atoms with Gasteiger partial charge in [-0.15, -0.1) is 0 Å². The standard InChI is InChI=1S/C56H49N5O/c1-37-20-22-39(23-21-37)46-17-13-16-45(38-14-9-8-10-15-38)54(46)60-36-59(49-18-11-12-19-50(49)60)42-30-41(56(5,6)7)31-44(33-42)62-43-24-25-47-48-27-28-57-35-52(48)61(51(47)34-43)53-32-40(26-29-58-53)55(2,3)4/h8-35H,1-7H3/q+2/i1D3,8D,9D,10D,13D,14D,15D,16D,17D,20D,21D,22D,23D. The first-order valence-corrected chi connectivity index (χ1v) is 20.1. The van der Waals surface area contributed by atoms with Crippen LogP contribution in [0.3, 0.4) is 0 Å². The number of rotatable bonds is 7. The number of aromatic nitrogens is 3. The number of ether oxygens (including phenoxy) is 1. The van der Waals surface area contributed by atoms with E-state index in [4.69, 9.17) is 24.8 Å². The molecule has 6 nitrogen and oxygen atoms in total. The van der Waals surface area contributed by atoms with Gasteiger partial charge < -0.3 is 4.74 Å². The first kappa shape index (κ1) is 25.4. The molecule has 0 aliphatic carbocycles. The quantitative estimate of drug-likeness (QED) is 0.150. The van der Waals surface area contributed by atoms with E-state index in [0.29, 0.717) is 28.7 Å². The Kier molecular flexibility index (Phi) is 6.12. The second kappa shape index (κ2) is 14.9. The fourth-order valence-corrected chi connectivity index (χ4v) is 7.72. The van der Waals surface area contributed by atoms with Crippen molar-refractivity contribution in [3.63, 3.8) is 0 Å². The number of para-hydroxylation sites is 3. The van der Waals surface area contributed by atoms with Gasteiger partial charge in [-0.1, -0.05) is 120 Å². The lowest BCUT2D eigenvalue weighted by Crippen LogP contribution is -2.12. The molecule has 0 saturated carbocycles. The van der Waals surface area contributed by atoms with Crippen LogP contribution in [0.5, 0.6) is 11.5 Å². The van der Waals surface area contributed by atoms with Gasteiger partial charge in [-0.3, -0.25) is 9.55 Å². The Morgan fingerprint density at radius 1 is 0.629 bits per heavy atom. The fraction of sp³-hybridized carbons (Fsp3) is 0.161. The lowest BCUT2D eigenvalue weighted by atomic mass is 9.86. The predicted molar refractivity (Wildman–Crippen MR) is 257 cm³/mol. The van der Waals surface area contributed by atoms with Gasteiger partial charge in [0.05, 0.1) is 50.9 Å². The molecule has 4 heterocycles. The zero-order chi connectivity index (χ0) is 55.7. The summed E-state index contributed by atoms with van der Waals surface area (Å²) in [7, 11) is 0. The molecule has 62 heavy (non-hydrogen) atoms. The molecule has 10 rings (SSSR count). The molecule has 3 aromatic heterocycles. The van der Waals surface area contributed by atoms with E-state index in [1.54, 1.807) is 47.3 Å². The van der Waals surface area contributed by atoms with E-state index in [1.165, 1.54) is 4.58 Å². The third-order valence-corrected chi connectivity index (χ3v) is 10.9. The third-order valence-electron chi connectivity index (χ3n) is 10.9. The molecule has 0 saturated heterocycles. The van der Waals surface area contributed by atoms with Crippen LogP contribution < -0.4 is 13.9 Å². The van der Waals surface area contributed by atoms with Crippen molar-refractivity contribution in [1.29, 1.82) is 0 Å². The Balaban J connectivity index is 1.26. The van der Waals surface area contributed by atoms with Gasteiger partial charge in [-0.05, 0) is 97.6 Å². The molecule has 0 atom stereocenters. The molecule has 9 aromatic rings. The molecular weight excluding hydrogens is 759 g/mol. The summed E-state index contributed by atoms with van der Waals surface area (Å²) in [6, 6.07) is 17.8. The van der Waals surface area contributed by atoms with E-state index in [2.05, 4.69) is 42.4 Å². The number of benzene rings is 6. The molecule has 0 N–H and O–H groups in total. The largest absolute Gasteiger partial charge is 0.503 e. The van der Waals surface area contributed by atoms with Crippen LogP contribution in [0.2, 0.25) is 0 Å². The molecule has 0 radical (unpaired) electrons. The first-order chi connectivity index (χ1) is 36.1.